The van der Waals surface area contributed by atoms with Crippen LogP contribution in [0.2, 0.25) is 0 Å². The molecule has 0 aliphatic carbocycles. The first-order valence-electron chi connectivity index (χ1n) is 7.09. The van der Waals surface area contributed by atoms with Crippen molar-refractivity contribution in [2.24, 2.45) is 5.41 Å². The maximum atomic E-state index is 13.3. The first kappa shape index (κ1) is 15.4. The Balaban J connectivity index is 2.15. The van der Waals surface area contributed by atoms with Gasteiger partial charge in [-0.15, -0.1) is 0 Å². The number of hydrogen-bond donors (Lipinski definition) is 0. The second-order valence-electron chi connectivity index (χ2n) is 5.88. The Bertz CT molecular complexity index is 566. The van der Waals surface area contributed by atoms with Crippen LogP contribution >= 0.6 is 0 Å². The SMILES string of the molecule is CCC1(C)CCN(C(=O)c2ccc(F)c([N+](=O)[O-])c2)CC1. The normalized spacial score (nSPS) is 17.6. The quantitative estimate of drug-likeness (QED) is 0.634. The number of halogens is 1. The minimum atomic E-state index is -0.922. The molecule has 1 aromatic rings. The van der Waals surface area contributed by atoms with Gasteiger partial charge in [-0.25, -0.2) is 0 Å². The van der Waals surface area contributed by atoms with Crippen LogP contribution in [0.3, 0.4) is 0 Å². The molecule has 0 bridgehead atoms. The van der Waals surface area contributed by atoms with Crippen molar-refractivity contribution in [3.8, 4) is 0 Å². The summed E-state index contributed by atoms with van der Waals surface area (Å²) < 4.78 is 13.3. The molecule has 0 radical (unpaired) electrons. The van der Waals surface area contributed by atoms with Gasteiger partial charge in [0.05, 0.1) is 4.92 Å². The van der Waals surface area contributed by atoms with Crippen LogP contribution in [-0.4, -0.2) is 28.8 Å². The van der Waals surface area contributed by atoms with Crippen molar-refractivity contribution in [3.05, 3.63) is 39.7 Å². The molecule has 1 aliphatic rings. The number of hydrogen-bond acceptors (Lipinski definition) is 3. The average Bonchev–Trinajstić information content (AvgIpc) is 2.47. The van der Waals surface area contributed by atoms with Crippen molar-refractivity contribution in [1.29, 1.82) is 0 Å². The zero-order valence-corrected chi connectivity index (χ0v) is 12.3. The molecule has 6 heteroatoms. The van der Waals surface area contributed by atoms with Gasteiger partial charge in [-0.3, -0.25) is 14.9 Å². The molecule has 0 atom stereocenters. The smallest absolute Gasteiger partial charge is 0.305 e. The third kappa shape index (κ3) is 3.20. The Labute approximate surface area is 122 Å². The molecule has 1 aromatic carbocycles. The minimum absolute atomic E-state index is 0.170. The van der Waals surface area contributed by atoms with Crippen molar-refractivity contribution in [2.75, 3.05) is 13.1 Å². The van der Waals surface area contributed by atoms with Crippen molar-refractivity contribution in [2.45, 2.75) is 33.1 Å². The maximum Gasteiger partial charge on any atom is 0.305 e. The number of benzene rings is 1. The van der Waals surface area contributed by atoms with Gasteiger partial charge in [-0.2, -0.15) is 4.39 Å². The van der Waals surface area contributed by atoms with E-state index < -0.39 is 16.4 Å². The first-order chi connectivity index (χ1) is 9.86. The van der Waals surface area contributed by atoms with E-state index >= 15 is 0 Å². The van der Waals surface area contributed by atoms with E-state index in [4.69, 9.17) is 0 Å². The lowest BCUT2D eigenvalue weighted by Crippen LogP contribution is -2.41. The second-order valence-corrected chi connectivity index (χ2v) is 5.88. The van der Waals surface area contributed by atoms with Crippen molar-refractivity contribution in [3.63, 3.8) is 0 Å². The highest BCUT2D eigenvalue weighted by Gasteiger charge is 2.31. The number of nitro benzene ring substituents is 1. The Morgan fingerprint density at radius 1 is 1.43 bits per heavy atom. The summed E-state index contributed by atoms with van der Waals surface area (Å²) in [5.74, 6) is -1.19. The van der Waals surface area contributed by atoms with E-state index in [0.717, 1.165) is 31.4 Å². The van der Waals surface area contributed by atoms with E-state index in [2.05, 4.69) is 13.8 Å². The van der Waals surface area contributed by atoms with Crippen LogP contribution in [0.25, 0.3) is 0 Å². The van der Waals surface area contributed by atoms with Gasteiger partial charge < -0.3 is 4.90 Å². The van der Waals surface area contributed by atoms with Gasteiger partial charge in [0.2, 0.25) is 5.82 Å². The Hall–Kier alpha value is -1.98. The summed E-state index contributed by atoms with van der Waals surface area (Å²) in [6, 6.07) is 3.30. The number of amides is 1. The summed E-state index contributed by atoms with van der Waals surface area (Å²) in [6.45, 7) is 5.61. The van der Waals surface area contributed by atoms with Crippen LogP contribution in [-0.2, 0) is 0 Å². The lowest BCUT2D eigenvalue weighted by molar-refractivity contribution is -0.387. The van der Waals surface area contributed by atoms with Crippen LogP contribution in [0.5, 0.6) is 0 Å². The third-order valence-corrected chi connectivity index (χ3v) is 4.50. The highest BCUT2D eigenvalue weighted by Crippen LogP contribution is 2.34. The summed E-state index contributed by atoms with van der Waals surface area (Å²) in [6.07, 6.45) is 2.90. The molecule has 0 aromatic heterocycles. The van der Waals surface area contributed by atoms with E-state index in [9.17, 15) is 19.3 Å². The lowest BCUT2D eigenvalue weighted by Gasteiger charge is -2.38. The second kappa shape index (κ2) is 5.79. The Morgan fingerprint density at radius 2 is 2.05 bits per heavy atom. The molecule has 0 N–H and O–H groups in total. The van der Waals surface area contributed by atoms with E-state index in [0.29, 0.717) is 13.1 Å². The van der Waals surface area contributed by atoms with Gasteiger partial charge in [0.1, 0.15) is 0 Å². The number of carbonyl (C=O) groups excluding carboxylic acids is 1. The number of piperidine rings is 1. The Morgan fingerprint density at radius 3 is 2.57 bits per heavy atom. The maximum absolute atomic E-state index is 13.3. The van der Waals surface area contributed by atoms with E-state index in [1.807, 2.05) is 0 Å². The fourth-order valence-corrected chi connectivity index (χ4v) is 2.57. The third-order valence-electron chi connectivity index (χ3n) is 4.50. The molecule has 0 spiro atoms. The zero-order valence-electron chi connectivity index (χ0n) is 12.3. The van der Waals surface area contributed by atoms with Crippen molar-refractivity contribution in [1.82, 2.24) is 4.90 Å². The van der Waals surface area contributed by atoms with Crippen LogP contribution < -0.4 is 0 Å². The van der Waals surface area contributed by atoms with Gasteiger partial charge in [-0.1, -0.05) is 20.3 Å². The molecular weight excluding hydrogens is 275 g/mol. The molecule has 0 unspecified atom stereocenters. The highest BCUT2D eigenvalue weighted by atomic mass is 19.1. The molecule has 5 nitrogen and oxygen atoms in total. The Kier molecular flexibility index (Phi) is 4.25. The molecule has 2 rings (SSSR count). The molecule has 1 heterocycles. The molecule has 1 fully saturated rings. The number of likely N-dealkylation sites (tertiary alicyclic amines) is 1. The van der Waals surface area contributed by atoms with Gasteiger partial charge in [0.25, 0.3) is 5.91 Å². The van der Waals surface area contributed by atoms with Gasteiger partial charge in [-0.05, 0) is 30.4 Å². The number of rotatable bonds is 3. The molecule has 1 amide bonds. The summed E-state index contributed by atoms with van der Waals surface area (Å²) in [4.78, 5) is 24.0. The summed E-state index contributed by atoms with van der Waals surface area (Å²) in [5.41, 5.74) is -0.231. The van der Waals surface area contributed by atoms with E-state index in [1.54, 1.807) is 4.90 Å². The minimum Gasteiger partial charge on any atom is -0.339 e. The van der Waals surface area contributed by atoms with E-state index in [1.165, 1.54) is 6.07 Å². The van der Waals surface area contributed by atoms with Gasteiger partial charge in [0.15, 0.2) is 0 Å². The van der Waals surface area contributed by atoms with Crippen LogP contribution in [0.4, 0.5) is 10.1 Å². The highest BCUT2D eigenvalue weighted by molar-refractivity contribution is 5.94. The molecule has 0 saturated carbocycles. The molecule has 1 aliphatic heterocycles. The lowest BCUT2D eigenvalue weighted by atomic mass is 9.78. The predicted molar refractivity (Wildman–Crippen MR) is 76.6 cm³/mol. The van der Waals surface area contributed by atoms with Crippen LogP contribution in [0.1, 0.15) is 43.5 Å². The summed E-state index contributed by atoms with van der Waals surface area (Å²) in [5, 5.41) is 10.7. The number of nitrogens with zero attached hydrogens (tertiary/aromatic N) is 2. The topological polar surface area (TPSA) is 63.5 Å². The average molecular weight is 294 g/mol. The molecule has 1 saturated heterocycles. The van der Waals surface area contributed by atoms with Crippen LogP contribution in [0, 0.1) is 21.3 Å². The van der Waals surface area contributed by atoms with Crippen LogP contribution in [0.15, 0.2) is 18.2 Å². The fraction of sp³-hybridized carbons (Fsp3) is 0.533. The van der Waals surface area contributed by atoms with Crippen molar-refractivity contribution < 1.29 is 14.1 Å². The number of nitro groups is 1. The summed E-state index contributed by atoms with van der Waals surface area (Å²) in [7, 11) is 0. The summed E-state index contributed by atoms with van der Waals surface area (Å²) >= 11 is 0. The zero-order chi connectivity index (χ0) is 15.6. The molecular formula is C15H19FN2O3. The van der Waals surface area contributed by atoms with Gasteiger partial charge in [0, 0.05) is 24.7 Å². The predicted octanol–water partition coefficient (Wildman–Crippen LogP) is 3.39. The molecule has 21 heavy (non-hydrogen) atoms. The van der Waals surface area contributed by atoms with Gasteiger partial charge >= 0.3 is 5.69 Å². The number of carbonyl (C=O) groups is 1. The van der Waals surface area contributed by atoms with E-state index in [-0.39, 0.29) is 16.9 Å². The van der Waals surface area contributed by atoms with Crippen molar-refractivity contribution >= 4 is 11.6 Å². The monoisotopic (exact) mass is 294 g/mol. The largest absolute Gasteiger partial charge is 0.339 e. The fourth-order valence-electron chi connectivity index (χ4n) is 2.57. The molecule has 114 valence electrons. The first-order valence-corrected chi connectivity index (χ1v) is 7.09. The standard InChI is InChI=1S/C15H19FN2O3/c1-3-15(2)6-8-17(9-7-15)14(19)11-4-5-12(16)13(10-11)18(20)21/h4-5,10H,3,6-9H2,1-2H3.